The maximum atomic E-state index is 11.7. The highest BCUT2D eigenvalue weighted by Gasteiger charge is 2.20. The molecule has 0 radical (unpaired) electrons. The van der Waals surface area contributed by atoms with Gasteiger partial charge in [0.25, 0.3) is 0 Å². The largest absolute Gasteiger partial charge is 0.370 e. The van der Waals surface area contributed by atoms with Gasteiger partial charge in [-0.25, -0.2) is 0 Å². The van der Waals surface area contributed by atoms with Gasteiger partial charge in [-0.1, -0.05) is 55.6 Å². The Balaban J connectivity index is 2.34. The van der Waals surface area contributed by atoms with E-state index in [-0.39, 0.29) is 0 Å². The molecule has 3 N–H and O–H groups in total. The molecule has 6 heteroatoms. The molecule has 1 atom stereocenters. The van der Waals surface area contributed by atoms with Gasteiger partial charge in [-0.05, 0) is 30.3 Å². The Morgan fingerprint density at radius 3 is 2.45 bits per heavy atom. The zero-order valence-corrected chi connectivity index (χ0v) is 14.2. The average Bonchev–Trinajstić information content (AvgIpc) is 2.36. The third-order valence-electron chi connectivity index (χ3n) is 2.69. The Hall–Kier alpha value is -1.04. The highest BCUT2D eigenvalue weighted by molar-refractivity contribution is 9.10. The van der Waals surface area contributed by atoms with Crippen molar-refractivity contribution in [2.45, 2.75) is 6.04 Å². The Morgan fingerprint density at radius 2 is 1.85 bits per heavy atom. The molecule has 1 amide bonds. The summed E-state index contributed by atoms with van der Waals surface area (Å²) in [5.74, 6) is -0.491. The van der Waals surface area contributed by atoms with E-state index >= 15 is 0 Å². The van der Waals surface area contributed by atoms with Crippen molar-refractivity contribution in [3.63, 3.8) is 0 Å². The molecule has 0 heterocycles. The number of carbonyl (C=O) groups excluding carboxylic acids is 1. The number of halogens is 3. The molecule has 2 rings (SSSR count). The molecule has 0 aliphatic carbocycles. The molecule has 2 aromatic rings. The van der Waals surface area contributed by atoms with E-state index in [0.717, 1.165) is 14.6 Å². The maximum Gasteiger partial charge on any atom is 0.244 e. The lowest BCUT2D eigenvalue weighted by atomic mass is 10.1. The number of nitrogens with one attached hydrogen (secondary N) is 1. The number of benzene rings is 2. The standard InChI is InChI=1S/C14H11Br2ClN2O/c15-8-2-1-3-10(6-8)19-13(14(18)20)11-5-4-9(16)7-12(11)17/h1-7,13,19H,(H2,18,20). The SMILES string of the molecule is NC(=O)C(Nc1cccc(Br)c1)c1ccc(Br)cc1Cl. The van der Waals surface area contributed by atoms with Gasteiger partial charge in [0.1, 0.15) is 6.04 Å². The molecule has 3 nitrogen and oxygen atoms in total. The zero-order chi connectivity index (χ0) is 14.7. The van der Waals surface area contributed by atoms with Gasteiger partial charge in [0, 0.05) is 25.2 Å². The Labute approximate surface area is 138 Å². The fourth-order valence-corrected chi connectivity index (χ4v) is 2.96. The van der Waals surface area contributed by atoms with Gasteiger partial charge in [0.05, 0.1) is 0 Å². The average molecular weight is 419 g/mol. The molecule has 0 aliphatic heterocycles. The smallest absolute Gasteiger partial charge is 0.244 e. The maximum absolute atomic E-state index is 11.7. The Morgan fingerprint density at radius 1 is 1.15 bits per heavy atom. The van der Waals surface area contributed by atoms with Crippen LogP contribution in [-0.4, -0.2) is 5.91 Å². The fourth-order valence-electron chi connectivity index (χ4n) is 1.78. The van der Waals surface area contributed by atoms with Crippen molar-refractivity contribution in [1.82, 2.24) is 0 Å². The molecule has 1 unspecified atom stereocenters. The van der Waals surface area contributed by atoms with Gasteiger partial charge in [0.15, 0.2) is 0 Å². The zero-order valence-electron chi connectivity index (χ0n) is 10.2. The third-order valence-corrected chi connectivity index (χ3v) is 4.01. The predicted octanol–water partition coefficient (Wildman–Crippen LogP) is 4.50. The number of rotatable bonds is 4. The molecule has 0 aliphatic rings. The van der Waals surface area contributed by atoms with E-state index in [0.29, 0.717) is 10.6 Å². The lowest BCUT2D eigenvalue weighted by Gasteiger charge is -2.18. The summed E-state index contributed by atoms with van der Waals surface area (Å²) in [6.07, 6.45) is 0. The van der Waals surface area contributed by atoms with Crippen molar-refractivity contribution in [3.8, 4) is 0 Å². The summed E-state index contributed by atoms with van der Waals surface area (Å²) in [6.45, 7) is 0. The van der Waals surface area contributed by atoms with Gasteiger partial charge in [-0.15, -0.1) is 0 Å². The van der Waals surface area contributed by atoms with Crippen molar-refractivity contribution in [2.24, 2.45) is 5.73 Å². The second-order valence-corrected chi connectivity index (χ2v) is 6.39. The summed E-state index contributed by atoms with van der Waals surface area (Å²) in [7, 11) is 0. The highest BCUT2D eigenvalue weighted by Crippen LogP contribution is 2.29. The van der Waals surface area contributed by atoms with Gasteiger partial charge < -0.3 is 11.1 Å². The van der Waals surface area contributed by atoms with Crippen LogP contribution in [0.4, 0.5) is 5.69 Å². The first kappa shape index (κ1) is 15.4. The molecule has 2 aromatic carbocycles. The number of hydrogen-bond donors (Lipinski definition) is 2. The van der Waals surface area contributed by atoms with Crippen LogP contribution in [0.15, 0.2) is 51.4 Å². The molecule has 0 bridgehead atoms. The van der Waals surface area contributed by atoms with Crippen molar-refractivity contribution in [2.75, 3.05) is 5.32 Å². The monoisotopic (exact) mass is 416 g/mol. The molecule has 0 fully saturated rings. The van der Waals surface area contributed by atoms with Crippen molar-refractivity contribution < 1.29 is 4.79 Å². The third kappa shape index (κ3) is 3.75. The minimum Gasteiger partial charge on any atom is -0.370 e. The predicted molar refractivity (Wildman–Crippen MR) is 88.9 cm³/mol. The van der Waals surface area contributed by atoms with Crippen molar-refractivity contribution in [1.29, 1.82) is 0 Å². The van der Waals surface area contributed by atoms with Gasteiger partial charge >= 0.3 is 0 Å². The van der Waals surface area contributed by atoms with E-state index in [1.54, 1.807) is 12.1 Å². The van der Waals surface area contributed by atoms with Crippen molar-refractivity contribution >= 4 is 55.1 Å². The minimum atomic E-state index is -0.690. The van der Waals surface area contributed by atoms with Crippen LogP contribution in [0, 0.1) is 0 Å². The van der Waals surface area contributed by atoms with Crippen LogP contribution in [0.1, 0.15) is 11.6 Å². The summed E-state index contributed by atoms with van der Waals surface area (Å²) in [5.41, 5.74) is 6.90. The topological polar surface area (TPSA) is 55.1 Å². The second-order valence-electron chi connectivity index (χ2n) is 4.16. The van der Waals surface area contributed by atoms with E-state index in [2.05, 4.69) is 37.2 Å². The quantitative estimate of drug-likeness (QED) is 0.768. The van der Waals surface area contributed by atoms with E-state index in [4.69, 9.17) is 17.3 Å². The molecular formula is C14H11Br2ClN2O. The number of primary amides is 1. The Kier molecular flexibility index (Phi) is 5.07. The van der Waals surface area contributed by atoms with Crippen LogP contribution in [-0.2, 0) is 4.79 Å². The van der Waals surface area contributed by atoms with E-state index in [9.17, 15) is 4.79 Å². The molecule has 20 heavy (non-hydrogen) atoms. The summed E-state index contributed by atoms with van der Waals surface area (Å²) >= 11 is 12.9. The second kappa shape index (κ2) is 6.61. The van der Waals surface area contributed by atoms with Crippen LogP contribution in [0.3, 0.4) is 0 Å². The summed E-state index contributed by atoms with van der Waals surface area (Å²) in [6, 6.07) is 12.1. The first-order valence-electron chi connectivity index (χ1n) is 5.74. The van der Waals surface area contributed by atoms with Gasteiger partial charge in [-0.3, -0.25) is 4.79 Å². The highest BCUT2D eigenvalue weighted by atomic mass is 79.9. The Bertz CT molecular complexity index is 649. The van der Waals surface area contributed by atoms with E-state index < -0.39 is 11.9 Å². The van der Waals surface area contributed by atoms with Crippen LogP contribution in [0.5, 0.6) is 0 Å². The first-order valence-corrected chi connectivity index (χ1v) is 7.70. The summed E-state index contributed by atoms with van der Waals surface area (Å²) in [4.78, 5) is 11.7. The lowest BCUT2D eigenvalue weighted by molar-refractivity contribution is -0.118. The van der Waals surface area contributed by atoms with E-state index in [1.165, 1.54) is 0 Å². The van der Waals surface area contributed by atoms with Gasteiger partial charge in [0.2, 0.25) is 5.91 Å². The van der Waals surface area contributed by atoms with Crippen LogP contribution < -0.4 is 11.1 Å². The normalized spacial score (nSPS) is 11.9. The molecule has 0 saturated heterocycles. The van der Waals surface area contributed by atoms with E-state index in [1.807, 2.05) is 30.3 Å². The lowest BCUT2D eigenvalue weighted by Crippen LogP contribution is -2.28. The number of anilines is 1. The summed E-state index contributed by atoms with van der Waals surface area (Å²) < 4.78 is 1.75. The van der Waals surface area contributed by atoms with Crippen molar-refractivity contribution in [3.05, 3.63) is 62.0 Å². The summed E-state index contributed by atoms with van der Waals surface area (Å²) in [5, 5.41) is 3.57. The molecule has 0 saturated carbocycles. The van der Waals surface area contributed by atoms with Crippen LogP contribution >= 0.6 is 43.5 Å². The number of hydrogen-bond acceptors (Lipinski definition) is 2. The number of amides is 1. The molecular weight excluding hydrogens is 407 g/mol. The fraction of sp³-hybridized carbons (Fsp3) is 0.0714. The molecule has 0 aromatic heterocycles. The first-order chi connectivity index (χ1) is 9.47. The van der Waals surface area contributed by atoms with Crippen LogP contribution in [0.25, 0.3) is 0 Å². The van der Waals surface area contributed by atoms with Gasteiger partial charge in [-0.2, -0.15) is 0 Å². The number of carbonyl (C=O) groups is 1. The number of nitrogens with two attached hydrogens (primary N) is 1. The molecule has 104 valence electrons. The molecule has 0 spiro atoms. The minimum absolute atomic E-state index is 0.477. The van der Waals surface area contributed by atoms with Crippen LogP contribution in [0.2, 0.25) is 5.02 Å².